The number of carbonyl (C=O) groups excluding carboxylic acids is 2. The van der Waals surface area contributed by atoms with Crippen molar-refractivity contribution in [1.82, 2.24) is 5.32 Å². The zero-order valence-corrected chi connectivity index (χ0v) is 15.2. The van der Waals surface area contributed by atoms with Crippen molar-refractivity contribution in [1.29, 1.82) is 0 Å². The highest BCUT2D eigenvalue weighted by molar-refractivity contribution is 7.90. The Labute approximate surface area is 142 Å². The maximum Gasteiger partial charge on any atom is 0.319 e. The summed E-state index contributed by atoms with van der Waals surface area (Å²) < 4.78 is 27.8. The summed E-state index contributed by atoms with van der Waals surface area (Å²) in [5, 5.41) is 5.12. The molecule has 1 rings (SSSR count). The highest BCUT2D eigenvalue weighted by atomic mass is 32.2. The summed E-state index contributed by atoms with van der Waals surface area (Å²) in [6, 6.07) is 5.37. The lowest BCUT2D eigenvalue weighted by molar-refractivity contribution is -0.153. The number of anilines is 1. The first kappa shape index (κ1) is 20.0. The number of ether oxygens (including phenoxy) is 1. The molecular weight excluding hydrogens is 332 g/mol. The van der Waals surface area contributed by atoms with Crippen molar-refractivity contribution in [3.63, 3.8) is 0 Å². The normalized spacial score (nSPS) is 11.7. The van der Waals surface area contributed by atoms with Gasteiger partial charge < -0.3 is 15.4 Å². The zero-order chi connectivity index (χ0) is 18.4. The number of amides is 2. The molecule has 0 saturated heterocycles. The number of sulfone groups is 1. The molecule has 0 bridgehead atoms. The molecule has 24 heavy (non-hydrogen) atoms. The van der Waals surface area contributed by atoms with Gasteiger partial charge >= 0.3 is 12.0 Å². The van der Waals surface area contributed by atoms with E-state index in [9.17, 15) is 18.0 Å². The van der Waals surface area contributed by atoms with E-state index in [1.54, 1.807) is 13.8 Å². The maximum absolute atomic E-state index is 11.7. The fraction of sp³-hybridized carbons (Fsp3) is 0.500. The second kappa shape index (κ2) is 8.14. The predicted molar refractivity (Wildman–Crippen MR) is 91.6 cm³/mol. The molecule has 0 aromatic heterocycles. The summed E-state index contributed by atoms with van der Waals surface area (Å²) in [5.41, 5.74) is -0.0760. The Kier molecular flexibility index (Phi) is 6.77. The lowest BCUT2D eigenvalue weighted by atomic mass is 9.91. The Hall–Kier alpha value is -2.09. The van der Waals surface area contributed by atoms with E-state index in [0.29, 0.717) is 12.1 Å². The second-order valence-electron chi connectivity index (χ2n) is 6.05. The van der Waals surface area contributed by atoms with Crippen LogP contribution in [-0.4, -0.2) is 39.8 Å². The van der Waals surface area contributed by atoms with E-state index < -0.39 is 21.3 Å². The molecule has 0 heterocycles. The standard InChI is InChI=1S/C16H24N2O5S/c1-5-16(2,3)14(19)23-11-10-17-15(20)18-12-6-8-13(9-7-12)24(4,21)22/h6-9H,5,10-11H2,1-4H3,(H2,17,18,20). The topological polar surface area (TPSA) is 102 Å². The smallest absolute Gasteiger partial charge is 0.319 e. The number of esters is 1. The van der Waals surface area contributed by atoms with E-state index in [0.717, 1.165) is 6.26 Å². The van der Waals surface area contributed by atoms with Crippen molar-refractivity contribution in [2.24, 2.45) is 5.41 Å². The van der Waals surface area contributed by atoms with Crippen LogP contribution in [0.3, 0.4) is 0 Å². The molecule has 0 saturated carbocycles. The molecule has 0 spiro atoms. The average Bonchev–Trinajstić information content (AvgIpc) is 2.50. The minimum Gasteiger partial charge on any atom is -0.463 e. The van der Waals surface area contributed by atoms with Gasteiger partial charge in [-0.2, -0.15) is 0 Å². The zero-order valence-electron chi connectivity index (χ0n) is 14.4. The minimum atomic E-state index is -3.26. The van der Waals surface area contributed by atoms with Crippen LogP contribution in [0.1, 0.15) is 27.2 Å². The van der Waals surface area contributed by atoms with E-state index in [1.165, 1.54) is 24.3 Å². The number of nitrogens with one attached hydrogen (secondary N) is 2. The van der Waals surface area contributed by atoms with E-state index >= 15 is 0 Å². The van der Waals surface area contributed by atoms with Crippen LogP contribution in [0.4, 0.5) is 10.5 Å². The Balaban J connectivity index is 2.38. The van der Waals surface area contributed by atoms with Crippen LogP contribution >= 0.6 is 0 Å². The van der Waals surface area contributed by atoms with Crippen LogP contribution in [0.2, 0.25) is 0 Å². The van der Waals surface area contributed by atoms with Crippen LogP contribution in [-0.2, 0) is 19.4 Å². The number of rotatable bonds is 7. The Morgan fingerprint density at radius 1 is 1.17 bits per heavy atom. The highest BCUT2D eigenvalue weighted by Gasteiger charge is 2.26. The van der Waals surface area contributed by atoms with Gasteiger partial charge in [-0.05, 0) is 44.5 Å². The van der Waals surface area contributed by atoms with Gasteiger partial charge in [0.15, 0.2) is 9.84 Å². The van der Waals surface area contributed by atoms with Crippen molar-refractivity contribution in [3.05, 3.63) is 24.3 Å². The third-order valence-corrected chi connectivity index (χ3v) is 4.73. The molecule has 2 amide bonds. The van der Waals surface area contributed by atoms with Crippen LogP contribution in [0, 0.1) is 5.41 Å². The largest absolute Gasteiger partial charge is 0.463 e. The van der Waals surface area contributed by atoms with Gasteiger partial charge in [-0.25, -0.2) is 13.2 Å². The maximum atomic E-state index is 11.7. The lowest BCUT2D eigenvalue weighted by Crippen LogP contribution is -2.34. The summed E-state index contributed by atoms with van der Waals surface area (Å²) in [6.45, 7) is 5.77. The number of hydrogen-bond donors (Lipinski definition) is 2. The first-order valence-electron chi connectivity index (χ1n) is 7.58. The molecule has 0 fully saturated rings. The van der Waals surface area contributed by atoms with Crippen molar-refractivity contribution in [2.45, 2.75) is 32.1 Å². The summed E-state index contributed by atoms with van der Waals surface area (Å²) in [7, 11) is -3.26. The van der Waals surface area contributed by atoms with Gasteiger partial charge in [0.2, 0.25) is 0 Å². The third-order valence-electron chi connectivity index (χ3n) is 3.60. The summed E-state index contributed by atoms with van der Waals surface area (Å²) in [5.74, 6) is -0.302. The average molecular weight is 356 g/mol. The molecule has 0 atom stereocenters. The van der Waals surface area contributed by atoms with Crippen LogP contribution in [0.15, 0.2) is 29.2 Å². The minimum absolute atomic E-state index is 0.0860. The number of carbonyl (C=O) groups is 2. The van der Waals surface area contributed by atoms with Crippen molar-refractivity contribution >= 4 is 27.5 Å². The van der Waals surface area contributed by atoms with Gasteiger partial charge in [0.1, 0.15) is 6.61 Å². The number of urea groups is 1. The van der Waals surface area contributed by atoms with Gasteiger partial charge in [0, 0.05) is 11.9 Å². The molecule has 8 heteroatoms. The van der Waals surface area contributed by atoms with Gasteiger partial charge in [-0.3, -0.25) is 4.79 Å². The Morgan fingerprint density at radius 3 is 2.25 bits per heavy atom. The van der Waals surface area contributed by atoms with Crippen molar-refractivity contribution in [3.8, 4) is 0 Å². The molecule has 0 aliphatic rings. The van der Waals surface area contributed by atoms with Crippen molar-refractivity contribution in [2.75, 3.05) is 24.7 Å². The monoisotopic (exact) mass is 356 g/mol. The van der Waals surface area contributed by atoms with Gasteiger partial charge in [0.25, 0.3) is 0 Å². The quantitative estimate of drug-likeness (QED) is 0.576. The molecule has 2 N–H and O–H groups in total. The summed E-state index contributed by atoms with van der Waals surface area (Å²) >= 11 is 0. The summed E-state index contributed by atoms with van der Waals surface area (Å²) in [6.07, 6.45) is 1.78. The molecule has 0 aliphatic carbocycles. The van der Waals surface area contributed by atoms with Crippen LogP contribution in [0.25, 0.3) is 0 Å². The van der Waals surface area contributed by atoms with Gasteiger partial charge in [0.05, 0.1) is 16.9 Å². The predicted octanol–water partition coefficient (Wildman–Crippen LogP) is 2.19. The lowest BCUT2D eigenvalue weighted by Gasteiger charge is -2.20. The molecule has 7 nitrogen and oxygen atoms in total. The first-order valence-corrected chi connectivity index (χ1v) is 9.47. The molecule has 134 valence electrons. The van der Waals surface area contributed by atoms with Crippen LogP contribution < -0.4 is 10.6 Å². The number of hydrogen-bond acceptors (Lipinski definition) is 5. The Bertz CT molecular complexity index is 681. The molecular formula is C16H24N2O5S. The SMILES string of the molecule is CCC(C)(C)C(=O)OCCNC(=O)Nc1ccc(S(C)(=O)=O)cc1. The molecule has 0 aliphatic heterocycles. The fourth-order valence-electron chi connectivity index (χ4n) is 1.61. The third kappa shape index (κ3) is 6.19. The molecule has 0 radical (unpaired) electrons. The van der Waals surface area contributed by atoms with Gasteiger partial charge in [-0.15, -0.1) is 0 Å². The highest BCUT2D eigenvalue weighted by Crippen LogP contribution is 2.21. The number of benzene rings is 1. The van der Waals surface area contributed by atoms with E-state index in [2.05, 4.69) is 10.6 Å². The fourth-order valence-corrected chi connectivity index (χ4v) is 2.24. The van der Waals surface area contributed by atoms with E-state index in [4.69, 9.17) is 4.74 Å². The van der Waals surface area contributed by atoms with Crippen molar-refractivity contribution < 1.29 is 22.7 Å². The molecule has 0 unspecified atom stereocenters. The van der Waals surface area contributed by atoms with E-state index in [-0.39, 0.29) is 24.0 Å². The van der Waals surface area contributed by atoms with E-state index in [1.807, 2.05) is 6.92 Å². The van der Waals surface area contributed by atoms with Gasteiger partial charge in [-0.1, -0.05) is 6.92 Å². The molecule has 1 aromatic carbocycles. The molecule has 1 aromatic rings. The first-order chi connectivity index (χ1) is 11.1. The Morgan fingerprint density at radius 2 is 1.75 bits per heavy atom. The summed E-state index contributed by atoms with van der Waals surface area (Å²) in [4.78, 5) is 23.6. The van der Waals surface area contributed by atoms with Crippen LogP contribution in [0.5, 0.6) is 0 Å². The second-order valence-corrected chi connectivity index (χ2v) is 8.07.